The summed E-state index contributed by atoms with van der Waals surface area (Å²) in [5.41, 5.74) is 1.14. The van der Waals surface area contributed by atoms with Crippen LogP contribution in [0.1, 0.15) is 24.8 Å². The number of benzene rings is 1. The zero-order valence-electron chi connectivity index (χ0n) is 18.4. The summed E-state index contributed by atoms with van der Waals surface area (Å²) in [7, 11) is 1.86. The van der Waals surface area contributed by atoms with Gasteiger partial charge >= 0.3 is 0 Å². The molecule has 1 N–H and O–H groups in total. The van der Waals surface area contributed by atoms with Crippen LogP contribution in [0, 0.1) is 5.82 Å². The van der Waals surface area contributed by atoms with Gasteiger partial charge < -0.3 is 10.2 Å². The topological polar surface area (TPSA) is 93.8 Å². The van der Waals surface area contributed by atoms with E-state index in [1.807, 2.05) is 13.2 Å². The van der Waals surface area contributed by atoms with Crippen LogP contribution in [0.15, 0.2) is 53.7 Å². The molecule has 4 heterocycles. The lowest BCUT2D eigenvalue weighted by Gasteiger charge is -2.37. The predicted molar refractivity (Wildman–Crippen MR) is 124 cm³/mol. The van der Waals surface area contributed by atoms with Gasteiger partial charge in [-0.1, -0.05) is 12.1 Å². The molecule has 5 rings (SSSR count). The molecular weight excluding hydrogens is 423 g/mol. The Morgan fingerprint density at radius 3 is 2.94 bits per heavy atom. The van der Waals surface area contributed by atoms with Gasteiger partial charge in [0.2, 0.25) is 0 Å². The number of rotatable bonds is 6. The van der Waals surface area contributed by atoms with Gasteiger partial charge in [0, 0.05) is 38.4 Å². The zero-order valence-corrected chi connectivity index (χ0v) is 18.4. The zero-order chi connectivity index (χ0) is 22.8. The molecule has 9 nitrogen and oxygen atoms in total. The van der Waals surface area contributed by atoms with Gasteiger partial charge in [-0.15, -0.1) is 0 Å². The van der Waals surface area contributed by atoms with E-state index in [9.17, 15) is 9.18 Å². The average Bonchev–Trinajstić information content (AvgIpc) is 3.20. The Kier molecular flexibility index (Phi) is 5.72. The lowest BCUT2D eigenvalue weighted by molar-refractivity contribution is 0.463. The maximum absolute atomic E-state index is 13.6. The van der Waals surface area contributed by atoms with Crippen molar-refractivity contribution in [3.8, 4) is 0 Å². The first-order chi connectivity index (χ1) is 16.1. The maximum atomic E-state index is 13.6. The molecule has 0 amide bonds. The van der Waals surface area contributed by atoms with Crippen molar-refractivity contribution >= 4 is 22.7 Å². The number of fused-ring (bicyclic) bond motifs is 1. The summed E-state index contributed by atoms with van der Waals surface area (Å²) in [4.78, 5) is 23.3. The minimum absolute atomic E-state index is 0.188. The predicted octanol–water partition coefficient (Wildman–Crippen LogP) is 2.58. The second-order valence-corrected chi connectivity index (χ2v) is 8.30. The molecule has 3 aromatic heterocycles. The van der Waals surface area contributed by atoms with Crippen LogP contribution >= 0.6 is 0 Å². The van der Waals surface area contributed by atoms with E-state index in [-0.39, 0.29) is 24.0 Å². The van der Waals surface area contributed by atoms with E-state index in [0.717, 1.165) is 42.8 Å². The van der Waals surface area contributed by atoms with E-state index < -0.39 is 0 Å². The molecule has 1 atom stereocenters. The van der Waals surface area contributed by atoms with Crippen molar-refractivity contribution < 1.29 is 4.39 Å². The summed E-state index contributed by atoms with van der Waals surface area (Å²) in [6.45, 7) is 1.75. The summed E-state index contributed by atoms with van der Waals surface area (Å²) in [6.07, 6.45) is 6.60. The second kappa shape index (κ2) is 8.97. The van der Waals surface area contributed by atoms with E-state index in [0.29, 0.717) is 17.8 Å². The third-order valence-electron chi connectivity index (χ3n) is 5.93. The Labute approximate surface area is 189 Å². The minimum Gasteiger partial charge on any atom is -0.367 e. The van der Waals surface area contributed by atoms with Gasteiger partial charge in [0.05, 0.1) is 11.9 Å². The van der Waals surface area contributed by atoms with E-state index >= 15 is 0 Å². The first-order valence-corrected chi connectivity index (χ1v) is 11.0. The molecule has 1 aromatic carbocycles. The van der Waals surface area contributed by atoms with Crippen LogP contribution in [0.3, 0.4) is 0 Å². The highest BCUT2D eigenvalue weighted by Gasteiger charge is 2.24. The molecule has 0 spiro atoms. The SMILES string of the molecule is Cn1cc2c(NCC3CCCCN3c3ccc(=O)n(Cc4cccc(F)c4)n3)ncnc2n1. The van der Waals surface area contributed by atoms with Crippen LogP contribution in [-0.2, 0) is 13.6 Å². The molecule has 0 aliphatic carbocycles. The number of nitrogens with zero attached hydrogens (tertiary/aromatic N) is 7. The highest BCUT2D eigenvalue weighted by atomic mass is 19.1. The molecule has 33 heavy (non-hydrogen) atoms. The van der Waals surface area contributed by atoms with Crippen LogP contribution in [-0.4, -0.2) is 48.7 Å². The number of piperidine rings is 1. The molecular formula is C23H25FN8O. The summed E-state index contributed by atoms with van der Waals surface area (Å²) >= 11 is 0. The van der Waals surface area contributed by atoms with Crippen LogP contribution in [0.25, 0.3) is 11.0 Å². The monoisotopic (exact) mass is 448 g/mol. The number of anilines is 2. The van der Waals surface area contributed by atoms with Crippen molar-refractivity contribution in [3.63, 3.8) is 0 Å². The van der Waals surface area contributed by atoms with Gasteiger partial charge in [0.1, 0.15) is 23.8 Å². The van der Waals surface area contributed by atoms with Crippen molar-refractivity contribution in [1.29, 1.82) is 0 Å². The molecule has 170 valence electrons. The normalized spacial score (nSPS) is 16.3. The van der Waals surface area contributed by atoms with Crippen molar-refractivity contribution in [2.45, 2.75) is 31.8 Å². The third-order valence-corrected chi connectivity index (χ3v) is 5.93. The van der Waals surface area contributed by atoms with Crippen LogP contribution in [0.4, 0.5) is 16.0 Å². The summed E-state index contributed by atoms with van der Waals surface area (Å²) < 4.78 is 16.7. The molecule has 1 unspecified atom stereocenters. The van der Waals surface area contributed by atoms with Gasteiger partial charge in [-0.3, -0.25) is 9.48 Å². The third kappa shape index (κ3) is 4.55. The number of nitrogens with one attached hydrogen (secondary N) is 1. The van der Waals surface area contributed by atoms with Crippen molar-refractivity contribution in [2.24, 2.45) is 7.05 Å². The highest BCUT2D eigenvalue weighted by Crippen LogP contribution is 2.24. The molecule has 0 saturated carbocycles. The fourth-order valence-corrected chi connectivity index (χ4v) is 4.33. The first kappa shape index (κ1) is 21.0. The summed E-state index contributed by atoms with van der Waals surface area (Å²) in [5.74, 6) is 1.17. The molecule has 1 fully saturated rings. The lowest BCUT2D eigenvalue weighted by Crippen LogP contribution is -2.45. The van der Waals surface area contributed by atoms with Crippen LogP contribution in [0.5, 0.6) is 0 Å². The maximum Gasteiger partial charge on any atom is 0.267 e. The molecule has 0 bridgehead atoms. The van der Waals surface area contributed by atoms with Crippen molar-refractivity contribution in [3.05, 3.63) is 70.7 Å². The molecule has 1 aliphatic heterocycles. The number of aryl methyl sites for hydroxylation is 1. The van der Waals surface area contributed by atoms with Crippen LogP contribution < -0.4 is 15.8 Å². The molecule has 4 aromatic rings. The van der Waals surface area contributed by atoms with Crippen molar-refractivity contribution in [2.75, 3.05) is 23.3 Å². The fraction of sp³-hybridized carbons (Fsp3) is 0.348. The van der Waals surface area contributed by atoms with Gasteiger partial charge in [0.25, 0.3) is 5.56 Å². The summed E-state index contributed by atoms with van der Waals surface area (Å²) in [6, 6.07) is 9.73. The molecule has 1 aliphatic rings. The van der Waals surface area contributed by atoms with E-state index in [2.05, 4.69) is 30.4 Å². The molecule has 1 saturated heterocycles. The van der Waals surface area contributed by atoms with E-state index in [4.69, 9.17) is 0 Å². The van der Waals surface area contributed by atoms with Gasteiger partial charge in [0.15, 0.2) is 5.65 Å². The standard InChI is InChI=1S/C23H25FN8O/c1-30-14-19-22(26-15-27-23(19)29-30)25-12-18-7-2-3-10-31(18)20-8-9-21(33)32(28-20)13-16-5-4-6-17(24)11-16/h4-6,8-9,11,14-15,18H,2-3,7,10,12-13H2,1H3,(H,25,26,27,29). The Hall–Kier alpha value is -3.82. The Balaban J connectivity index is 1.36. The Morgan fingerprint density at radius 2 is 2.06 bits per heavy atom. The first-order valence-electron chi connectivity index (χ1n) is 11.0. The fourth-order valence-electron chi connectivity index (χ4n) is 4.33. The van der Waals surface area contributed by atoms with E-state index in [1.165, 1.54) is 29.2 Å². The lowest BCUT2D eigenvalue weighted by atomic mass is 10.0. The number of halogens is 1. The number of hydrogen-bond acceptors (Lipinski definition) is 7. The minimum atomic E-state index is -0.327. The number of hydrogen-bond donors (Lipinski definition) is 1. The largest absolute Gasteiger partial charge is 0.367 e. The Bertz CT molecular complexity index is 1330. The molecule has 10 heteroatoms. The number of aromatic nitrogens is 6. The quantitative estimate of drug-likeness (QED) is 0.485. The van der Waals surface area contributed by atoms with E-state index in [1.54, 1.807) is 22.9 Å². The van der Waals surface area contributed by atoms with Gasteiger partial charge in [-0.25, -0.2) is 19.0 Å². The second-order valence-electron chi connectivity index (χ2n) is 8.30. The Morgan fingerprint density at radius 1 is 1.15 bits per heavy atom. The van der Waals surface area contributed by atoms with Crippen LogP contribution in [0.2, 0.25) is 0 Å². The molecule has 0 radical (unpaired) electrons. The highest BCUT2D eigenvalue weighted by molar-refractivity contribution is 5.85. The average molecular weight is 449 g/mol. The smallest absolute Gasteiger partial charge is 0.267 e. The summed E-state index contributed by atoms with van der Waals surface area (Å²) in [5, 5.41) is 13.3. The van der Waals surface area contributed by atoms with Gasteiger partial charge in [-0.2, -0.15) is 10.2 Å². The van der Waals surface area contributed by atoms with Gasteiger partial charge in [-0.05, 0) is 43.0 Å². The van der Waals surface area contributed by atoms with Crippen molar-refractivity contribution in [1.82, 2.24) is 29.5 Å².